The fourth-order valence-corrected chi connectivity index (χ4v) is 3.77. The van der Waals surface area contributed by atoms with E-state index in [0.717, 1.165) is 25.2 Å². The van der Waals surface area contributed by atoms with E-state index in [1.54, 1.807) is 6.92 Å². The van der Waals surface area contributed by atoms with Gasteiger partial charge in [0.25, 0.3) is 0 Å². The highest BCUT2D eigenvalue weighted by atomic mass is 35.5. The maximum Gasteiger partial charge on any atom is 0.242 e. The molecule has 1 aromatic rings. The average Bonchev–Trinajstić information content (AvgIpc) is 2.39. The molecule has 0 saturated heterocycles. The van der Waals surface area contributed by atoms with E-state index < -0.39 is 15.8 Å². The average molecular weight is 338 g/mol. The van der Waals surface area contributed by atoms with Gasteiger partial charge in [-0.15, -0.1) is 0 Å². The monoisotopic (exact) mass is 337 g/mol. The van der Waals surface area contributed by atoms with Crippen molar-refractivity contribution in [3.05, 3.63) is 23.0 Å². The van der Waals surface area contributed by atoms with Gasteiger partial charge in [-0.05, 0) is 32.1 Å². The quantitative estimate of drug-likeness (QED) is 0.747. The van der Waals surface area contributed by atoms with Gasteiger partial charge >= 0.3 is 0 Å². The first kappa shape index (κ1) is 18.2. The molecule has 21 heavy (non-hydrogen) atoms. The van der Waals surface area contributed by atoms with Crippen LogP contribution >= 0.6 is 11.6 Å². The number of nitrogens with zero attached hydrogens (tertiary/aromatic N) is 1. The standard InChI is InChI=1S/C13H21ClFN3O2S/c1-4-18(5-2)8-9(3)17-21(19,20)13-7-12(16)11(15)6-10(13)14/h6-7,9,17H,4-5,8,16H2,1-3H3. The largest absolute Gasteiger partial charge is 0.396 e. The van der Waals surface area contributed by atoms with Crippen LogP contribution in [0.2, 0.25) is 5.02 Å². The first-order valence-corrected chi connectivity index (χ1v) is 8.56. The summed E-state index contributed by atoms with van der Waals surface area (Å²) in [7, 11) is -3.85. The van der Waals surface area contributed by atoms with E-state index >= 15 is 0 Å². The van der Waals surface area contributed by atoms with Gasteiger partial charge in [0.1, 0.15) is 10.7 Å². The van der Waals surface area contributed by atoms with Gasteiger partial charge in [0.2, 0.25) is 10.0 Å². The normalized spacial score (nSPS) is 13.6. The fourth-order valence-electron chi connectivity index (χ4n) is 1.99. The molecule has 0 aliphatic carbocycles. The summed E-state index contributed by atoms with van der Waals surface area (Å²) in [6, 6.07) is 1.63. The summed E-state index contributed by atoms with van der Waals surface area (Å²) < 4.78 is 40.4. The maximum atomic E-state index is 13.2. The molecule has 3 N–H and O–H groups in total. The minimum Gasteiger partial charge on any atom is -0.396 e. The molecule has 0 heterocycles. The van der Waals surface area contributed by atoms with Crippen molar-refractivity contribution in [1.29, 1.82) is 0 Å². The molecule has 0 bridgehead atoms. The summed E-state index contributed by atoms with van der Waals surface area (Å²) in [6.07, 6.45) is 0. The van der Waals surface area contributed by atoms with Crippen molar-refractivity contribution in [1.82, 2.24) is 9.62 Å². The van der Waals surface area contributed by atoms with Crippen LogP contribution in [0.15, 0.2) is 17.0 Å². The number of nitrogen functional groups attached to an aromatic ring is 1. The van der Waals surface area contributed by atoms with Gasteiger partial charge in [-0.2, -0.15) is 0 Å². The second-order valence-electron chi connectivity index (χ2n) is 4.81. The second kappa shape index (κ2) is 7.40. The number of hydrogen-bond donors (Lipinski definition) is 2. The fraction of sp³-hybridized carbons (Fsp3) is 0.538. The van der Waals surface area contributed by atoms with Gasteiger partial charge < -0.3 is 10.6 Å². The van der Waals surface area contributed by atoms with E-state index in [4.69, 9.17) is 17.3 Å². The Kier molecular flexibility index (Phi) is 6.40. The number of hydrogen-bond acceptors (Lipinski definition) is 4. The van der Waals surface area contributed by atoms with Crippen molar-refractivity contribution in [2.24, 2.45) is 0 Å². The number of benzene rings is 1. The Hall–Kier alpha value is -0.890. The zero-order chi connectivity index (χ0) is 16.2. The summed E-state index contributed by atoms with van der Waals surface area (Å²) in [4.78, 5) is 1.88. The zero-order valence-electron chi connectivity index (χ0n) is 12.4. The zero-order valence-corrected chi connectivity index (χ0v) is 13.9. The Bertz CT molecular complexity index is 591. The molecule has 1 atom stereocenters. The highest BCUT2D eigenvalue weighted by molar-refractivity contribution is 7.89. The van der Waals surface area contributed by atoms with Crippen LogP contribution in [0, 0.1) is 5.82 Å². The number of sulfonamides is 1. The molecule has 0 radical (unpaired) electrons. The molecule has 0 aliphatic heterocycles. The van der Waals surface area contributed by atoms with Crippen LogP contribution in [-0.2, 0) is 10.0 Å². The summed E-state index contributed by atoms with van der Waals surface area (Å²) in [5, 5.41) is -0.191. The van der Waals surface area contributed by atoms with Crippen molar-refractivity contribution in [2.75, 3.05) is 25.4 Å². The van der Waals surface area contributed by atoms with E-state index in [1.165, 1.54) is 0 Å². The van der Waals surface area contributed by atoms with Crippen LogP contribution in [0.1, 0.15) is 20.8 Å². The Morgan fingerprint density at radius 2 is 1.95 bits per heavy atom. The molecule has 1 aromatic carbocycles. The lowest BCUT2D eigenvalue weighted by Gasteiger charge is -2.23. The third kappa shape index (κ3) is 4.81. The third-order valence-electron chi connectivity index (χ3n) is 3.12. The molecule has 0 aliphatic rings. The van der Waals surface area contributed by atoms with Crippen LogP contribution in [0.3, 0.4) is 0 Å². The van der Waals surface area contributed by atoms with Crippen LogP contribution in [0.4, 0.5) is 10.1 Å². The molecule has 1 unspecified atom stereocenters. The molecule has 0 aromatic heterocycles. The lowest BCUT2D eigenvalue weighted by molar-refractivity contribution is 0.282. The van der Waals surface area contributed by atoms with Crippen LogP contribution in [0.5, 0.6) is 0 Å². The molecule has 120 valence electrons. The highest BCUT2D eigenvalue weighted by Crippen LogP contribution is 2.26. The van der Waals surface area contributed by atoms with Gasteiger partial charge in [0, 0.05) is 12.6 Å². The van der Waals surface area contributed by atoms with Crippen molar-refractivity contribution in [3.8, 4) is 0 Å². The van der Waals surface area contributed by atoms with Crippen molar-refractivity contribution in [3.63, 3.8) is 0 Å². The third-order valence-corrected chi connectivity index (χ3v) is 5.18. The van der Waals surface area contributed by atoms with E-state index in [0.29, 0.717) is 6.54 Å². The summed E-state index contributed by atoms with van der Waals surface area (Å²) in [5.41, 5.74) is 5.15. The Morgan fingerprint density at radius 1 is 1.38 bits per heavy atom. The molecule has 8 heteroatoms. The molecular formula is C13H21ClFN3O2S. The van der Waals surface area contributed by atoms with E-state index in [-0.39, 0.29) is 21.6 Å². The van der Waals surface area contributed by atoms with Crippen LogP contribution in [0.25, 0.3) is 0 Å². The van der Waals surface area contributed by atoms with Crippen molar-refractivity contribution < 1.29 is 12.8 Å². The number of rotatable bonds is 7. The summed E-state index contributed by atoms with van der Waals surface area (Å²) in [6.45, 7) is 7.99. The van der Waals surface area contributed by atoms with Crippen molar-refractivity contribution >= 4 is 27.3 Å². The number of likely N-dealkylation sites (N-methyl/N-ethyl adjacent to an activating group) is 1. The predicted octanol–water partition coefficient (Wildman–Crippen LogP) is 2.07. The van der Waals surface area contributed by atoms with Gasteiger partial charge in [-0.1, -0.05) is 25.4 Å². The maximum absolute atomic E-state index is 13.2. The number of nitrogens with two attached hydrogens (primary N) is 1. The number of halogens is 2. The first-order valence-electron chi connectivity index (χ1n) is 6.70. The van der Waals surface area contributed by atoms with Gasteiger partial charge in [-0.3, -0.25) is 0 Å². The lowest BCUT2D eigenvalue weighted by atomic mass is 10.3. The topological polar surface area (TPSA) is 75.4 Å². The van der Waals surface area contributed by atoms with Crippen molar-refractivity contribution in [2.45, 2.75) is 31.7 Å². The molecular weight excluding hydrogens is 317 g/mol. The minimum absolute atomic E-state index is 0.191. The Morgan fingerprint density at radius 3 is 2.48 bits per heavy atom. The van der Waals surface area contributed by atoms with Gasteiger partial charge in [0.05, 0.1) is 10.7 Å². The Labute approximate surface area is 130 Å². The summed E-state index contributed by atoms with van der Waals surface area (Å²) >= 11 is 5.80. The van der Waals surface area contributed by atoms with Crippen LogP contribution < -0.4 is 10.5 Å². The lowest BCUT2D eigenvalue weighted by Crippen LogP contribution is -2.41. The van der Waals surface area contributed by atoms with E-state index in [9.17, 15) is 12.8 Å². The van der Waals surface area contributed by atoms with Gasteiger partial charge in [-0.25, -0.2) is 17.5 Å². The molecule has 5 nitrogen and oxygen atoms in total. The smallest absolute Gasteiger partial charge is 0.242 e. The second-order valence-corrected chi connectivity index (χ2v) is 6.90. The highest BCUT2D eigenvalue weighted by Gasteiger charge is 2.22. The molecule has 1 rings (SSSR count). The Balaban J connectivity index is 2.94. The minimum atomic E-state index is -3.85. The number of nitrogens with one attached hydrogen (secondary N) is 1. The van der Waals surface area contributed by atoms with Crippen LogP contribution in [-0.4, -0.2) is 39.0 Å². The summed E-state index contributed by atoms with van der Waals surface area (Å²) in [5.74, 6) is -0.741. The molecule has 0 fully saturated rings. The first-order chi connectivity index (χ1) is 9.71. The molecule has 0 spiro atoms. The van der Waals surface area contributed by atoms with Gasteiger partial charge in [0.15, 0.2) is 0 Å². The predicted molar refractivity (Wildman–Crippen MR) is 83.4 cm³/mol. The van der Waals surface area contributed by atoms with E-state index in [1.807, 2.05) is 13.8 Å². The molecule has 0 saturated carbocycles. The molecule has 0 amide bonds. The SMILES string of the molecule is CCN(CC)CC(C)NS(=O)(=O)c1cc(N)c(F)cc1Cl. The van der Waals surface area contributed by atoms with E-state index in [2.05, 4.69) is 9.62 Å². The number of anilines is 1.